The van der Waals surface area contributed by atoms with Gasteiger partial charge in [0.25, 0.3) is 5.56 Å². The fourth-order valence-corrected chi connectivity index (χ4v) is 3.17. The summed E-state index contributed by atoms with van der Waals surface area (Å²) in [5, 5.41) is 2.16. The van der Waals surface area contributed by atoms with Gasteiger partial charge >= 0.3 is 0 Å². The molecule has 0 bridgehead atoms. The normalized spacial score (nSPS) is 11.4. The molecule has 0 aliphatic heterocycles. The summed E-state index contributed by atoms with van der Waals surface area (Å²) in [7, 11) is 0. The largest absolute Gasteiger partial charge is 0.293 e. The molecule has 0 aliphatic carbocycles. The van der Waals surface area contributed by atoms with Crippen LogP contribution in [0.2, 0.25) is 5.02 Å². The molecule has 4 nitrogen and oxygen atoms in total. The van der Waals surface area contributed by atoms with Gasteiger partial charge in [0.05, 0.1) is 28.8 Å². The number of fused-ring (bicyclic) bond motifs is 1. The van der Waals surface area contributed by atoms with Crippen LogP contribution in [-0.4, -0.2) is 14.5 Å². The first-order valence-corrected chi connectivity index (χ1v) is 7.83. The van der Waals surface area contributed by atoms with Gasteiger partial charge in [0.2, 0.25) is 0 Å². The van der Waals surface area contributed by atoms with E-state index in [2.05, 4.69) is 23.8 Å². The second-order valence-electron chi connectivity index (χ2n) is 5.16. The monoisotopic (exact) mass is 319 g/mol. The average molecular weight is 320 g/mol. The van der Waals surface area contributed by atoms with Crippen molar-refractivity contribution in [3.8, 4) is 0 Å². The van der Waals surface area contributed by atoms with Crippen LogP contribution in [0.3, 0.4) is 0 Å². The summed E-state index contributed by atoms with van der Waals surface area (Å²) in [6.07, 6.45) is 3.40. The molecule has 0 fully saturated rings. The molecule has 0 aliphatic rings. The molecule has 0 unspecified atom stereocenters. The third-order valence-corrected chi connectivity index (χ3v) is 4.70. The first kappa shape index (κ1) is 14.2. The molecule has 0 spiro atoms. The second-order valence-corrected chi connectivity index (χ2v) is 6.74. The number of nitrogens with zero attached hydrogens (tertiary/aromatic N) is 3. The maximum absolute atomic E-state index is 12.5. The van der Waals surface area contributed by atoms with Gasteiger partial charge in [0.1, 0.15) is 0 Å². The summed E-state index contributed by atoms with van der Waals surface area (Å²) in [5.74, 6) is 0.397. The molecule has 0 saturated heterocycles. The molecule has 21 heavy (non-hydrogen) atoms. The number of rotatable bonds is 3. The van der Waals surface area contributed by atoms with E-state index in [1.807, 2.05) is 6.20 Å². The van der Waals surface area contributed by atoms with Crippen LogP contribution in [0.4, 0.5) is 0 Å². The van der Waals surface area contributed by atoms with E-state index < -0.39 is 0 Å². The Bertz CT molecular complexity index is 853. The fraction of sp³-hybridized carbons (Fsp3) is 0.267. The van der Waals surface area contributed by atoms with E-state index >= 15 is 0 Å². The minimum Gasteiger partial charge on any atom is -0.293 e. The maximum atomic E-state index is 12.5. The summed E-state index contributed by atoms with van der Waals surface area (Å²) in [5.41, 5.74) is 0.579. The van der Waals surface area contributed by atoms with Crippen molar-refractivity contribution in [2.24, 2.45) is 0 Å². The van der Waals surface area contributed by atoms with E-state index in [-0.39, 0.29) is 5.56 Å². The van der Waals surface area contributed by atoms with E-state index in [0.29, 0.717) is 28.4 Å². The highest BCUT2D eigenvalue weighted by molar-refractivity contribution is 7.11. The van der Waals surface area contributed by atoms with Gasteiger partial charge in [-0.2, -0.15) is 0 Å². The van der Waals surface area contributed by atoms with E-state index in [0.717, 1.165) is 9.88 Å². The summed E-state index contributed by atoms with van der Waals surface area (Å²) < 4.78 is 1.59. The van der Waals surface area contributed by atoms with E-state index in [1.54, 1.807) is 40.4 Å². The number of halogens is 1. The SMILES string of the molecule is CC(C)c1ncc(Cn2cnc3ccc(Cl)cc3c2=O)s1. The Morgan fingerprint density at radius 2 is 2.14 bits per heavy atom. The molecule has 2 heterocycles. The third-order valence-electron chi connectivity index (χ3n) is 3.18. The molecule has 0 atom stereocenters. The predicted octanol–water partition coefficient (Wildman–Crippen LogP) is 3.68. The van der Waals surface area contributed by atoms with E-state index in [4.69, 9.17) is 11.6 Å². The molecule has 0 amide bonds. The summed E-state index contributed by atoms with van der Waals surface area (Å²) >= 11 is 7.59. The zero-order chi connectivity index (χ0) is 15.0. The number of aromatic nitrogens is 3. The van der Waals surface area contributed by atoms with Crippen LogP contribution in [0.25, 0.3) is 10.9 Å². The van der Waals surface area contributed by atoms with Crippen LogP contribution in [-0.2, 0) is 6.54 Å². The molecule has 108 valence electrons. The topological polar surface area (TPSA) is 47.8 Å². The van der Waals surface area contributed by atoms with Crippen molar-refractivity contribution < 1.29 is 0 Å². The van der Waals surface area contributed by atoms with Gasteiger partial charge in [-0.1, -0.05) is 25.4 Å². The Hall–Kier alpha value is -1.72. The van der Waals surface area contributed by atoms with Gasteiger partial charge < -0.3 is 0 Å². The number of hydrogen-bond donors (Lipinski definition) is 0. The first-order valence-electron chi connectivity index (χ1n) is 6.64. The number of benzene rings is 1. The molecule has 2 aromatic heterocycles. The second kappa shape index (κ2) is 5.58. The lowest BCUT2D eigenvalue weighted by Gasteiger charge is -2.05. The van der Waals surface area contributed by atoms with Crippen LogP contribution in [0, 0.1) is 0 Å². The van der Waals surface area contributed by atoms with E-state index in [9.17, 15) is 4.79 Å². The zero-order valence-corrected chi connectivity index (χ0v) is 13.3. The van der Waals surface area contributed by atoms with Gasteiger partial charge in [-0.25, -0.2) is 9.97 Å². The van der Waals surface area contributed by atoms with Crippen molar-refractivity contribution >= 4 is 33.8 Å². The van der Waals surface area contributed by atoms with E-state index in [1.165, 1.54) is 0 Å². The molecule has 3 aromatic rings. The molecular formula is C15H14ClN3OS. The smallest absolute Gasteiger partial charge is 0.261 e. The van der Waals surface area contributed by atoms with Crippen molar-refractivity contribution in [2.45, 2.75) is 26.3 Å². The zero-order valence-electron chi connectivity index (χ0n) is 11.7. The van der Waals surface area contributed by atoms with Gasteiger partial charge in [0, 0.05) is 22.0 Å². The summed E-state index contributed by atoms with van der Waals surface area (Å²) in [6, 6.07) is 5.15. The standard InChI is InChI=1S/C15H14ClN3OS/c1-9(2)14-17-6-11(21-14)7-19-8-18-13-4-3-10(16)5-12(13)15(19)20/h3-6,8-9H,7H2,1-2H3. The molecule has 3 rings (SSSR count). The van der Waals surface area contributed by atoms with Crippen molar-refractivity contribution in [3.63, 3.8) is 0 Å². The Morgan fingerprint density at radius 3 is 2.86 bits per heavy atom. The lowest BCUT2D eigenvalue weighted by atomic mass is 10.2. The molecule has 6 heteroatoms. The van der Waals surface area contributed by atoms with Gasteiger partial charge in [-0.3, -0.25) is 9.36 Å². The molecular weight excluding hydrogens is 306 g/mol. The molecule has 0 saturated carbocycles. The average Bonchev–Trinajstić information content (AvgIpc) is 2.91. The lowest BCUT2D eigenvalue weighted by Crippen LogP contribution is -2.20. The third kappa shape index (κ3) is 2.84. The lowest BCUT2D eigenvalue weighted by molar-refractivity contribution is 0.756. The van der Waals surface area contributed by atoms with Crippen molar-refractivity contribution in [1.29, 1.82) is 0 Å². The Balaban J connectivity index is 2.00. The Morgan fingerprint density at radius 1 is 1.33 bits per heavy atom. The van der Waals surface area contributed by atoms with Crippen LogP contribution in [0.1, 0.15) is 29.7 Å². The van der Waals surface area contributed by atoms with Crippen molar-refractivity contribution in [2.75, 3.05) is 0 Å². The minimum atomic E-state index is -0.0815. The molecule has 0 N–H and O–H groups in total. The summed E-state index contributed by atoms with van der Waals surface area (Å²) in [4.78, 5) is 22.2. The highest BCUT2D eigenvalue weighted by Gasteiger charge is 2.09. The van der Waals surface area contributed by atoms with Gasteiger partial charge in [-0.15, -0.1) is 11.3 Å². The van der Waals surface area contributed by atoms with Gasteiger partial charge in [0.15, 0.2) is 0 Å². The van der Waals surface area contributed by atoms with Crippen LogP contribution in [0.5, 0.6) is 0 Å². The minimum absolute atomic E-state index is 0.0815. The summed E-state index contributed by atoms with van der Waals surface area (Å²) in [6.45, 7) is 4.70. The van der Waals surface area contributed by atoms with Crippen molar-refractivity contribution in [1.82, 2.24) is 14.5 Å². The predicted molar refractivity (Wildman–Crippen MR) is 86.3 cm³/mol. The van der Waals surface area contributed by atoms with Crippen LogP contribution >= 0.6 is 22.9 Å². The Kier molecular flexibility index (Phi) is 3.78. The Labute approximate surface area is 131 Å². The van der Waals surface area contributed by atoms with Crippen molar-refractivity contribution in [3.05, 3.63) is 56.0 Å². The number of hydrogen-bond acceptors (Lipinski definition) is 4. The molecule has 0 radical (unpaired) electrons. The van der Waals surface area contributed by atoms with Gasteiger partial charge in [-0.05, 0) is 18.2 Å². The number of thiazole rings is 1. The first-order chi connectivity index (χ1) is 10.0. The van der Waals surface area contributed by atoms with Crippen LogP contribution < -0.4 is 5.56 Å². The quantitative estimate of drug-likeness (QED) is 0.740. The molecule has 1 aromatic carbocycles. The highest BCUT2D eigenvalue weighted by Crippen LogP contribution is 2.21. The highest BCUT2D eigenvalue weighted by atomic mass is 35.5. The maximum Gasteiger partial charge on any atom is 0.261 e. The van der Waals surface area contributed by atoms with Crippen LogP contribution in [0.15, 0.2) is 35.5 Å². The fourth-order valence-electron chi connectivity index (χ4n) is 2.07.